The van der Waals surface area contributed by atoms with Crippen molar-refractivity contribution in [3.05, 3.63) is 65.2 Å². The number of benzene rings is 2. The van der Waals surface area contributed by atoms with Crippen LogP contribution in [0.4, 0.5) is 0 Å². The van der Waals surface area contributed by atoms with Gasteiger partial charge in [0, 0.05) is 17.7 Å². The summed E-state index contributed by atoms with van der Waals surface area (Å²) in [5.41, 5.74) is 8.59. The number of ether oxygens (including phenoxy) is 1. The first-order chi connectivity index (χ1) is 9.29. The maximum absolute atomic E-state index is 5.48. The molecule has 0 bridgehead atoms. The molecule has 19 heavy (non-hydrogen) atoms. The van der Waals surface area contributed by atoms with Crippen molar-refractivity contribution in [3.8, 4) is 17.6 Å². The maximum atomic E-state index is 5.48. The van der Waals surface area contributed by atoms with Crippen molar-refractivity contribution in [1.29, 1.82) is 0 Å². The highest BCUT2D eigenvalue weighted by molar-refractivity contribution is 5.47. The highest BCUT2D eigenvalue weighted by Gasteiger charge is 1.95. The molecule has 0 heterocycles. The van der Waals surface area contributed by atoms with Crippen molar-refractivity contribution in [3.63, 3.8) is 0 Å². The van der Waals surface area contributed by atoms with Gasteiger partial charge in [0.25, 0.3) is 0 Å². The van der Waals surface area contributed by atoms with Crippen LogP contribution in [0.1, 0.15) is 16.7 Å². The van der Waals surface area contributed by atoms with Crippen LogP contribution in [-0.4, -0.2) is 13.2 Å². The van der Waals surface area contributed by atoms with Gasteiger partial charge in [0.1, 0.15) is 12.4 Å². The van der Waals surface area contributed by atoms with Gasteiger partial charge in [-0.3, -0.25) is 0 Å². The van der Waals surface area contributed by atoms with Gasteiger partial charge in [-0.05, 0) is 36.8 Å². The molecule has 0 saturated heterocycles. The number of hydrogen-bond acceptors (Lipinski definition) is 2. The van der Waals surface area contributed by atoms with E-state index < -0.39 is 0 Å². The second-order valence-corrected chi connectivity index (χ2v) is 4.23. The minimum absolute atomic E-state index is 0.513. The summed E-state index contributed by atoms with van der Waals surface area (Å²) in [5, 5.41) is 0. The Hall–Kier alpha value is -2.24. The van der Waals surface area contributed by atoms with Crippen molar-refractivity contribution < 1.29 is 4.74 Å². The molecule has 96 valence electrons. The molecule has 2 N–H and O–H groups in total. The Morgan fingerprint density at radius 1 is 1.05 bits per heavy atom. The van der Waals surface area contributed by atoms with Gasteiger partial charge in [0.15, 0.2) is 0 Å². The predicted molar refractivity (Wildman–Crippen MR) is 78.2 cm³/mol. The monoisotopic (exact) mass is 251 g/mol. The van der Waals surface area contributed by atoms with Crippen LogP contribution in [0.25, 0.3) is 0 Å². The van der Waals surface area contributed by atoms with E-state index in [2.05, 4.69) is 24.8 Å². The number of aryl methyl sites for hydroxylation is 1. The van der Waals surface area contributed by atoms with Gasteiger partial charge in [0.05, 0.1) is 0 Å². The Bertz CT molecular complexity index is 608. The lowest BCUT2D eigenvalue weighted by Crippen LogP contribution is -2.10. The van der Waals surface area contributed by atoms with Crippen molar-refractivity contribution in [2.45, 2.75) is 6.92 Å². The average Bonchev–Trinajstić information content (AvgIpc) is 2.45. The number of hydrogen-bond donors (Lipinski definition) is 1. The van der Waals surface area contributed by atoms with Crippen LogP contribution in [0, 0.1) is 18.8 Å². The SMILES string of the molecule is Cc1ccccc1C#Cc1cccc(OCCN)c1. The fourth-order valence-corrected chi connectivity index (χ4v) is 1.69. The molecule has 2 aromatic rings. The van der Waals surface area contributed by atoms with Crippen molar-refractivity contribution in [2.75, 3.05) is 13.2 Å². The number of nitrogens with two attached hydrogens (primary N) is 1. The Balaban J connectivity index is 2.18. The van der Waals surface area contributed by atoms with Gasteiger partial charge in [0.2, 0.25) is 0 Å². The third kappa shape index (κ3) is 3.87. The second kappa shape index (κ2) is 6.63. The Morgan fingerprint density at radius 2 is 1.89 bits per heavy atom. The summed E-state index contributed by atoms with van der Waals surface area (Å²) in [4.78, 5) is 0. The molecule has 0 aliphatic heterocycles. The molecule has 2 aromatic carbocycles. The first-order valence-electron chi connectivity index (χ1n) is 6.30. The van der Waals surface area contributed by atoms with E-state index in [1.807, 2.05) is 42.5 Å². The zero-order valence-electron chi connectivity index (χ0n) is 11.0. The van der Waals surface area contributed by atoms with E-state index in [4.69, 9.17) is 10.5 Å². The molecule has 2 heteroatoms. The maximum Gasteiger partial charge on any atom is 0.120 e. The van der Waals surface area contributed by atoms with Gasteiger partial charge < -0.3 is 10.5 Å². The summed E-state index contributed by atoms with van der Waals surface area (Å²) < 4.78 is 5.48. The van der Waals surface area contributed by atoms with Crippen LogP contribution in [0.15, 0.2) is 48.5 Å². The zero-order chi connectivity index (χ0) is 13.5. The quantitative estimate of drug-likeness (QED) is 0.851. The molecule has 0 saturated carbocycles. The van der Waals surface area contributed by atoms with Crippen LogP contribution in [-0.2, 0) is 0 Å². The largest absolute Gasteiger partial charge is 0.492 e. The minimum Gasteiger partial charge on any atom is -0.492 e. The number of rotatable bonds is 3. The first-order valence-corrected chi connectivity index (χ1v) is 6.30. The highest BCUT2D eigenvalue weighted by atomic mass is 16.5. The van der Waals surface area contributed by atoms with E-state index in [1.165, 1.54) is 5.56 Å². The minimum atomic E-state index is 0.513. The molecule has 2 rings (SSSR count). The van der Waals surface area contributed by atoms with Gasteiger partial charge in [-0.2, -0.15) is 0 Å². The van der Waals surface area contributed by atoms with E-state index in [1.54, 1.807) is 0 Å². The van der Waals surface area contributed by atoms with Gasteiger partial charge >= 0.3 is 0 Å². The predicted octanol–water partition coefficient (Wildman–Crippen LogP) is 2.73. The molecular formula is C17H17NO. The van der Waals surface area contributed by atoms with Gasteiger partial charge in [-0.1, -0.05) is 36.1 Å². The summed E-state index contributed by atoms with van der Waals surface area (Å²) in [6, 6.07) is 15.9. The van der Waals surface area contributed by atoms with Gasteiger partial charge in [-0.15, -0.1) is 0 Å². The smallest absolute Gasteiger partial charge is 0.120 e. The van der Waals surface area contributed by atoms with Crippen LogP contribution >= 0.6 is 0 Å². The summed E-state index contributed by atoms with van der Waals surface area (Å²) in [6.45, 7) is 3.10. The van der Waals surface area contributed by atoms with Gasteiger partial charge in [-0.25, -0.2) is 0 Å². The van der Waals surface area contributed by atoms with Crippen molar-refractivity contribution in [2.24, 2.45) is 5.73 Å². The summed E-state index contributed by atoms with van der Waals surface area (Å²) in [7, 11) is 0. The van der Waals surface area contributed by atoms with Crippen LogP contribution in [0.5, 0.6) is 5.75 Å². The zero-order valence-corrected chi connectivity index (χ0v) is 11.0. The lowest BCUT2D eigenvalue weighted by atomic mass is 10.1. The summed E-state index contributed by atoms with van der Waals surface area (Å²) in [6.07, 6.45) is 0. The molecule has 0 aromatic heterocycles. The Kier molecular flexibility index (Phi) is 4.60. The summed E-state index contributed by atoms with van der Waals surface area (Å²) >= 11 is 0. The first kappa shape index (κ1) is 13.2. The molecule has 0 amide bonds. The van der Waals surface area contributed by atoms with E-state index in [9.17, 15) is 0 Å². The average molecular weight is 251 g/mol. The standard InChI is InChI=1S/C17H17NO/c1-14-5-2-3-7-16(14)10-9-15-6-4-8-17(13-15)19-12-11-18/h2-8,13H,11-12,18H2,1H3. The van der Waals surface area contributed by atoms with E-state index in [0.29, 0.717) is 13.2 Å². The fourth-order valence-electron chi connectivity index (χ4n) is 1.69. The second-order valence-electron chi connectivity index (χ2n) is 4.23. The Labute approximate surface area is 114 Å². The van der Waals surface area contributed by atoms with E-state index in [0.717, 1.165) is 16.9 Å². The molecule has 0 aliphatic carbocycles. The van der Waals surface area contributed by atoms with Crippen molar-refractivity contribution >= 4 is 0 Å². The third-order valence-electron chi connectivity index (χ3n) is 2.71. The highest BCUT2D eigenvalue weighted by Crippen LogP contribution is 2.12. The van der Waals surface area contributed by atoms with Crippen LogP contribution in [0.3, 0.4) is 0 Å². The molecule has 0 spiro atoms. The molecule has 0 radical (unpaired) electrons. The molecule has 0 fully saturated rings. The third-order valence-corrected chi connectivity index (χ3v) is 2.71. The lowest BCUT2D eigenvalue weighted by molar-refractivity contribution is 0.328. The molecule has 0 aliphatic rings. The summed E-state index contributed by atoms with van der Waals surface area (Å²) in [5.74, 6) is 7.15. The molecular weight excluding hydrogens is 234 g/mol. The van der Waals surface area contributed by atoms with Crippen LogP contribution < -0.4 is 10.5 Å². The normalized spacial score (nSPS) is 9.58. The molecule has 0 unspecified atom stereocenters. The van der Waals surface area contributed by atoms with E-state index in [-0.39, 0.29) is 0 Å². The van der Waals surface area contributed by atoms with Crippen LogP contribution in [0.2, 0.25) is 0 Å². The topological polar surface area (TPSA) is 35.2 Å². The molecule has 2 nitrogen and oxygen atoms in total. The Morgan fingerprint density at radius 3 is 2.68 bits per heavy atom. The molecule has 0 atom stereocenters. The fraction of sp³-hybridized carbons (Fsp3) is 0.176. The lowest BCUT2D eigenvalue weighted by Gasteiger charge is -2.03. The van der Waals surface area contributed by atoms with Crippen molar-refractivity contribution in [1.82, 2.24) is 0 Å². The van der Waals surface area contributed by atoms with E-state index >= 15 is 0 Å².